The number of nitrogens with zero attached hydrogens (tertiary/aromatic N) is 3. The third kappa shape index (κ3) is 2.90. The van der Waals surface area contributed by atoms with Crippen molar-refractivity contribution in [1.82, 2.24) is 15.0 Å². The number of nitrogens with one attached hydrogen (secondary N) is 1. The van der Waals surface area contributed by atoms with E-state index in [1.807, 2.05) is 39.0 Å². The Morgan fingerprint density at radius 1 is 1.18 bits per heavy atom. The summed E-state index contributed by atoms with van der Waals surface area (Å²) in [5.41, 5.74) is 1.74. The zero-order chi connectivity index (χ0) is 15.7. The molecule has 1 aromatic carbocycles. The lowest BCUT2D eigenvalue weighted by atomic mass is 10.2. The predicted molar refractivity (Wildman–Crippen MR) is 87.2 cm³/mol. The molecule has 0 bridgehead atoms. The fourth-order valence-electron chi connectivity index (χ4n) is 2.22. The van der Waals surface area contributed by atoms with E-state index < -0.39 is 0 Å². The van der Waals surface area contributed by atoms with Gasteiger partial charge in [-0.05, 0) is 32.0 Å². The van der Waals surface area contributed by atoms with Crippen LogP contribution in [-0.2, 0) is 13.0 Å². The number of aryl methyl sites for hydroxylation is 3. The van der Waals surface area contributed by atoms with E-state index in [4.69, 9.17) is 16.0 Å². The lowest BCUT2D eigenvalue weighted by Crippen LogP contribution is -2.05. The van der Waals surface area contributed by atoms with Crippen LogP contribution in [0.15, 0.2) is 22.6 Å². The van der Waals surface area contributed by atoms with E-state index in [2.05, 4.69) is 20.3 Å². The number of rotatable bonds is 4. The third-order valence-corrected chi connectivity index (χ3v) is 3.74. The maximum atomic E-state index is 6.05. The molecule has 6 heteroatoms. The van der Waals surface area contributed by atoms with Crippen molar-refractivity contribution in [2.45, 2.75) is 33.7 Å². The lowest BCUT2D eigenvalue weighted by Gasteiger charge is -2.09. The molecule has 0 aliphatic rings. The highest BCUT2D eigenvalue weighted by Gasteiger charge is 2.10. The molecule has 0 saturated heterocycles. The van der Waals surface area contributed by atoms with Crippen molar-refractivity contribution in [2.24, 2.45) is 0 Å². The smallest absolute Gasteiger partial charge is 0.213 e. The van der Waals surface area contributed by atoms with Crippen LogP contribution in [0.5, 0.6) is 0 Å². The highest BCUT2D eigenvalue weighted by atomic mass is 35.5. The van der Waals surface area contributed by atoms with E-state index in [9.17, 15) is 0 Å². The quantitative estimate of drug-likeness (QED) is 0.786. The Bertz CT molecular complexity index is 809. The van der Waals surface area contributed by atoms with Crippen molar-refractivity contribution in [3.8, 4) is 0 Å². The topological polar surface area (TPSA) is 63.8 Å². The third-order valence-electron chi connectivity index (χ3n) is 3.50. The van der Waals surface area contributed by atoms with Crippen molar-refractivity contribution in [3.63, 3.8) is 0 Å². The average Bonchev–Trinajstić information content (AvgIpc) is 2.82. The van der Waals surface area contributed by atoms with E-state index in [-0.39, 0.29) is 0 Å². The molecule has 22 heavy (non-hydrogen) atoms. The summed E-state index contributed by atoms with van der Waals surface area (Å²) in [6.45, 7) is 6.34. The monoisotopic (exact) mass is 316 g/mol. The van der Waals surface area contributed by atoms with Gasteiger partial charge in [0.25, 0.3) is 0 Å². The molecular weight excluding hydrogens is 300 g/mol. The Hall–Kier alpha value is -2.14. The molecule has 0 aliphatic carbocycles. The van der Waals surface area contributed by atoms with E-state index in [1.165, 1.54) is 0 Å². The number of benzene rings is 1. The molecule has 3 aromatic rings. The molecule has 114 valence electrons. The van der Waals surface area contributed by atoms with Gasteiger partial charge in [-0.3, -0.25) is 0 Å². The highest BCUT2D eigenvalue weighted by molar-refractivity contribution is 6.31. The molecule has 3 rings (SSSR count). The Morgan fingerprint density at radius 2 is 2.00 bits per heavy atom. The van der Waals surface area contributed by atoms with E-state index >= 15 is 0 Å². The molecule has 0 unspecified atom stereocenters. The molecule has 0 amide bonds. The minimum absolute atomic E-state index is 0.479. The summed E-state index contributed by atoms with van der Waals surface area (Å²) in [6.07, 6.45) is 0.758. The number of anilines is 1. The van der Waals surface area contributed by atoms with Crippen molar-refractivity contribution in [2.75, 3.05) is 5.32 Å². The molecule has 0 aliphatic heterocycles. The second kappa shape index (κ2) is 5.93. The van der Waals surface area contributed by atoms with Crippen molar-refractivity contribution < 1.29 is 4.42 Å². The number of fused-ring (bicyclic) bond motifs is 1. The van der Waals surface area contributed by atoms with Gasteiger partial charge >= 0.3 is 0 Å². The predicted octanol–water partition coefficient (Wildman–Crippen LogP) is 4.06. The summed E-state index contributed by atoms with van der Waals surface area (Å²) in [5, 5.41) is 4.89. The second-order valence-corrected chi connectivity index (χ2v) is 5.54. The number of hydrogen-bond donors (Lipinski definition) is 1. The van der Waals surface area contributed by atoms with Gasteiger partial charge in [0.15, 0.2) is 0 Å². The first-order chi connectivity index (χ1) is 10.6. The highest BCUT2D eigenvalue weighted by Crippen LogP contribution is 2.24. The molecule has 1 N–H and O–H groups in total. The maximum Gasteiger partial charge on any atom is 0.213 e. The van der Waals surface area contributed by atoms with Gasteiger partial charge in [-0.15, -0.1) is 0 Å². The van der Waals surface area contributed by atoms with E-state index in [1.54, 1.807) is 0 Å². The second-order valence-electron chi connectivity index (χ2n) is 5.11. The number of halogens is 1. The van der Waals surface area contributed by atoms with E-state index in [0.29, 0.717) is 17.5 Å². The van der Waals surface area contributed by atoms with E-state index in [0.717, 1.165) is 40.4 Å². The normalized spacial score (nSPS) is 11.1. The molecule has 5 nitrogen and oxygen atoms in total. The SMILES string of the molecule is CCc1nc(NCc2nc(C)c(C)o2)c2ccc(Cl)cc2n1. The molecule has 2 aromatic heterocycles. The van der Waals surface area contributed by atoms with Crippen LogP contribution in [0.2, 0.25) is 5.02 Å². The minimum Gasteiger partial charge on any atom is -0.444 e. The zero-order valence-corrected chi connectivity index (χ0v) is 13.5. The van der Waals surface area contributed by atoms with Gasteiger partial charge in [-0.1, -0.05) is 18.5 Å². The van der Waals surface area contributed by atoms with Gasteiger partial charge in [-0.25, -0.2) is 15.0 Å². The summed E-state index contributed by atoms with van der Waals surface area (Å²) >= 11 is 6.05. The molecule has 2 heterocycles. The van der Waals surface area contributed by atoms with Crippen LogP contribution < -0.4 is 5.32 Å². The average molecular weight is 317 g/mol. The molecule has 0 atom stereocenters. The Balaban J connectivity index is 1.94. The largest absolute Gasteiger partial charge is 0.444 e. The molecule has 0 spiro atoms. The molecule has 0 fully saturated rings. The fraction of sp³-hybridized carbons (Fsp3) is 0.312. The maximum absolute atomic E-state index is 6.05. The standard InChI is InChI=1S/C16H17ClN4O/c1-4-14-20-13-7-11(17)5-6-12(13)16(21-14)18-8-15-19-9(2)10(3)22-15/h5-7H,4,8H2,1-3H3,(H,18,20,21). The van der Waals surface area contributed by atoms with Crippen LogP contribution in [0.3, 0.4) is 0 Å². The zero-order valence-electron chi connectivity index (χ0n) is 12.8. The van der Waals surface area contributed by atoms with Gasteiger partial charge in [0.1, 0.15) is 17.4 Å². The first kappa shape index (κ1) is 14.8. The first-order valence-electron chi connectivity index (χ1n) is 7.19. The summed E-state index contributed by atoms with van der Waals surface area (Å²) in [7, 11) is 0. The van der Waals surface area contributed by atoms with Crippen LogP contribution in [0.1, 0.15) is 30.1 Å². The molecular formula is C16H17ClN4O. The van der Waals surface area contributed by atoms with Gasteiger partial charge in [0, 0.05) is 16.8 Å². The number of hydrogen-bond acceptors (Lipinski definition) is 5. The molecule has 0 radical (unpaired) electrons. The van der Waals surface area contributed by atoms with Crippen LogP contribution >= 0.6 is 11.6 Å². The van der Waals surface area contributed by atoms with Gasteiger partial charge in [0.2, 0.25) is 5.89 Å². The lowest BCUT2D eigenvalue weighted by molar-refractivity contribution is 0.478. The number of oxazole rings is 1. The summed E-state index contributed by atoms with van der Waals surface area (Å²) in [6, 6.07) is 5.61. The number of aromatic nitrogens is 3. The summed E-state index contributed by atoms with van der Waals surface area (Å²) < 4.78 is 5.59. The van der Waals surface area contributed by atoms with Crippen molar-refractivity contribution in [3.05, 3.63) is 46.4 Å². The van der Waals surface area contributed by atoms with Gasteiger partial charge in [0.05, 0.1) is 17.8 Å². The summed E-state index contributed by atoms with van der Waals surface area (Å²) in [4.78, 5) is 13.4. The van der Waals surface area contributed by atoms with Gasteiger partial charge in [-0.2, -0.15) is 0 Å². The minimum atomic E-state index is 0.479. The first-order valence-corrected chi connectivity index (χ1v) is 7.57. The van der Waals surface area contributed by atoms with Crippen molar-refractivity contribution >= 4 is 28.3 Å². The Labute approximate surface area is 133 Å². The summed E-state index contributed by atoms with van der Waals surface area (Å²) in [5.74, 6) is 3.03. The molecule has 0 saturated carbocycles. The van der Waals surface area contributed by atoms with Gasteiger partial charge < -0.3 is 9.73 Å². The van der Waals surface area contributed by atoms with Crippen molar-refractivity contribution in [1.29, 1.82) is 0 Å². The van der Waals surface area contributed by atoms with Crippen LogP contribution in [0.25, 0.3) is 10.9 Å². The fourth-order valence-corrected chi connectivity index (χ4v) is 2.38. The van der Waals surface area contributed by atoms with Crippen LogP contribution in [0, 0.1) is 13.8 Å². The van der Waals surface area contributed by atoms with Crippen LogP contribution in [0.4, 0.5) is 5.82 Å². The van der Waals surface area contributed by atoms with Crippen LogP contribution in [-0.4, -0.2) is 15.0 Å². The Kier molecular flexibility index (Phi) is 3.98. The Morgan fingerprint density at radius 3 is 2.68 bits per heavy atom.